The highest BCUT2D eigenvalue weighted by molar-refractivity contribution is 5.77. The van der Waals surface area contributed by atoms with Crippen LogP contribution in [0.25, 0.3) is 0 Å². The summed E-state index contributed by atoms with van der Waals surface area (Å²) in [6.45, 7) is 1.75. The first-order chi connectivity index (χ1) is 7.22. The Morgan fingerprint density at radius 1 is 1.60 bits per heavy atom. The fourth-order valence-corrected chi connectivity index (χ4v) is 1.26. The molecule has 0 radical (unpaired) electrons. The number of aliphatic hydroxyl groups is 1. The van der Waals surface area contributed by atoms with Crippen molar-refractivity contribution in [2.75, 3.05) is 33.4 Å². The number of nitrogens with one attached hydrogen (secondary N) is 2. The van der Waals surface area contributed by atoms with Crippen LogP contribution in [-0.4, -0.2) is 50.5 Å². The van der Waals surface area contributed by atoms with Gasteiger partial charge in [0, 0.05) is 13.7 Å². The van der Waals surface area contributed by atoms with Crippen molar-refractivity contribution in [3.8, 4) is 0 Å². The quantitative estimate of drug-likeness (QED) is 0.492. The lowest BCUT2D eigenvalue weighted by Crippen LogP contribution is -2.39. The summed E-state index contributed by atoms with van der Waals surface area (Å²) in [5, 5.41) is 15.0. The average molecular weight is 216 g/mol. The molecule has 0 spiro atoms. The second-order valence-corrected chi connectivity index (χ2v) is 3.99. The number of ether oxygens (including phenoxy) is 1. The summed E-state index contributed by atoms with van der Waals surface area (Å²) in [6, 6.07) is 0. The summed E-state index contributed by atoms with van der Waals surface area (Å²) in [6.07, 6.45) is 1.94. The number of aliphatic hydroxyl groups excluding tert-OH is 1. The van der Waals surface area contributed by atoms with Crippen LogP contribution in [0.5, 0.6) is 0 Å². The molecule has 0 aromatic carbocycles. The number of hydrogen-bond acceptors (Lipinski definition) is 4. The Kier molecular flexibility index (Phi) is 5.60. The molecular formula is C10H20N2O3. The molecule has 0 aromatic rings. The van der Waals surface area contributed by atoms with Crippen molar-refractivity contribution < 1.29 is 14.6 Å². The van der Waals surface area contributed by atoms with Gasteiger partial charge in [-0.2, -0.15) is 0 Å². The minimum atomic E-state index is -0.623. The zero-order chi connectivity index (χ0) is 11.1. The monoisotopic (exact) mass is 216 g/mol. The van der Waals surface area contributed by atoms with Crippen LogP contribution in [0.1, 0.15) is 12.8 Å². The Morgan fingerprint density at radius 2 is 2.33 bits per heavy atom. The molecule has 0 heterocycles. The molecule has 5 heteroatoms. The van der Waals surface area contributed by atoms with Gasteiger partial charge < -0.3 is 20.5 Å². The average Bonchev–Trinajstić information content (AvgIpc) is 2.99. The van der Waals surface area contributed by atoms with E-state index < -0.39 is 6.10 Å². The van der Waals surface area contributed by atoms with Crippen LogP contribution in [-0.2, 0) is 9.53 Å². The highest BCUT2D eigenvalue weighted by Crippen LogP contribution is 2.27. The molecular weight excluding hydrogens is 196 g/mol. The van der Waals surface area contributed by atoms with Crippen LogP contribution in [0.4, 0.5) is 0 Å². The van der Waals surface area contributed by atoms with E-state index >= 15 is 0 Å². The second kappa shape index (κ2) is 6.76. The van der Waals surface area contributed by atoms with Gasteiger partial charge in [-0.15, -0.1) is 0 Å². The molecule has 1 unspecified atom stereocenters. The summed E-state index contributed by atoms with van der Waals surface area (Å²) in [7, 11) is 1.52. The van der Waals surface area contributed by atoms with Gasteiger partial charge in [0.1, 0.15) is 0 Å². The van der Waals surface area contributed by atoms with Crippen LogP contribution in [0.2, 0.25) is 0 Å². The number of rotatable bonds is 8. The predicted molar refractivity (Wildman–Crippen MR) is 56.5 cm³/mol. The predicted octanol–water partition coefficient (Wildman–Crippen LogP) is -0.890. The largest absolute Gasteiger partial charge is 0.389 e. The van der Waals surface area contributed by atoms with Crippen LogP contribution in [0, 0.1) is 5.92 Å². The Labute approximate surface area is 90.2 Å². The van der Waals surface area contributed by atoms with Crippen molar-refractivity contribution in [3.05, 3.63) is 0 Å². The van der Waals surface area contributed by atoms with Crippen LogP contribution >= 0.6 is 0 Å². The molecule has 0 aliphatic heterocycles. The summed E-state index contributed by atoms with van der Waals surface area (Å²) in [5.74, 6) is 0.697. The first kappa shape index (κ1) is 12.4. The minimum Gasteiger partial charge on any atom is -0.389 e. The van der Waals surface area contributed by atoms with Crippen LogP contribution in [0.15, 0.2) is 0 Å². The van der Waals surface area contributed by atoms with E-state index in [4.69, 9.17) is 4.74 Å². The van der Waals surface area contributed by atoms with Gasteiger partial charge in [0.15, 0.2) is 0 Å². The fraction of sp³-hybridized carbons (Fsp3) is 0.900. The molecule has 0 saturated heterocycles. The smallest absolute Gasteiger partial charge is 0.234 e. The molecule has 5 nitrogen and oxygen atoms in total. The standard InChI is InChI=1S/C10H20N2O3/c1-15-7-9(13)5-12-10(14)6-11-4-8-2-3-8/h8-9,11,13H,2-7H2,1H3,(H,12,14). The van der Waals surface area contributed by atoms with Crippen molar-refractivity contribution in [2.24, 2.45) is 5.92 Å². The third kappa shape index (κ3) is 6.43. The minimum absolute atomic E-state index is 0.0780. The first-order valence-corrected chi connectivity index (χ1v) is 5.36. The molecule has 3 N–H and O–H groups in total. The lowest BCUT2D eigenvalue weighted by atomic mass is 10.3. The van der Waals surface area contributed by atoms with Crippen LogP contribution < -0.4 is 10.6 Å². The molecule has 1 atom stereocenters. The number of carbonyl (C=O) groups is 1. The van der Waals surface area contributed by atoms with Gasteiger partial charge in [-0.25, -0.2) is 0 Å². The van der Waals surface area contributed by atoms with E-state index in [1.54, 1.807) is 0 Å². The first-order valence-electron chi connectivity index (χ1n) is 5.36. The highest BCUT2D eigenvalue weighted by Gasteiger charge is 2.20. The lowest BCUT2D eigenvalue weighted by molar-refractivity contribution is -0.120. The topological polar surface area (TPSA) is 70.6 Å². The van der Waals surface area contributed by atoms with Gasteiger partial charge in [0.05, 0.1) is 19.3 Å². The van der Waals surface area contributed by atoms with Crippen molar-refractivity contribution in [2.45, 2.75) is 18.9 Å². The second-order valence-electron chi connectivity index (χ2n) is 3.99. The third-order valence-electron chi connectivity index (χ3n) is 2.31. The summed E-state index contributed by atoms with van der Waals surface area (Å²) < 4.78 is 4.74. The molecule has 0 aromatic heterocycles. The molecule has 88 valence electrons. The van der Waals surface area contributed by atoms with Crippen molar-refractivity contribution >= 4 is 5.91 Å². The number of hydrogen-bond donors (Lipinski definition) is 3. The molecule has 1 aliphatic rings. The van der Waals surface area contributed by atoms with E-state index in [9.17, 15) is 9.90 Å². The number of methoxy groups -OCH3 is 1. The van der Waals surface area contributed by atoms with Gasteiger partial charge in [-0.3, -0.25) is 4.79 Å². The summed E-state index contributed by atoms with van der Waals surface area (Å²) in [5.41, 5.74) is 0. The Bertz CT molecular complexity index is 195. The zero-order valence-corrected chi connectivity index (χ0v) is 9.16. The molecule has 1 saturated carbocycles. The molecule has 1 rings (SSSR count). The van der Waals surface area contributed by atoms with Crippen molar-refractivity contribution in [1.29, 1.82) is 0 Å². The van der Waals surface area contributed by atoms with Crippen molar-refractivity contribution in [3.63, 3.8) is 0 Å². The lowest BCUT2D eigenvalue weighted by Gasteiger charge is -2.10. The maximum absolute atomic E-state index is 11.2. The fourth-order valence-electron chi connectivity index (χ4n) is 1.26. The summed E-state index contributed by atoms with van der Waals surface area (Å²) >= 11 is 0. The van der Waals surface area contributed by atoms with Crippen LogP contribution in [0.3, 0.4) is 0 Å². The molecule has 1 fully saturated rings. The van der Waals surface area contributed by atoms with E-state index in [0.29, 0.717) is 6.54 Å². The normalized spacial score (nSPS) is 17.5. The Morgan fingerprint density at radius 3 is 2.93 bits per heavy atom. The maximum Gasteiger partial charge on any atom is 0.234 e. The SMILES string of the molecule is COCC(O)CNC(=O)CNCC1CC1. The van der Waals surface area contributed by atoms with Gasteiger partial charge in [0.25, 0.3) is 0 Å². The Hall–Kier alpha value is -0.650. The zero-order valence-electron chi connectivity index (χ0n) is 9.16. The van der Waals surface area contributed by atoms with E-state index in [0.717, 1.165) is 12.5 Å². The van der Waals surface area contributed by atoms with Gasteiger partial charge in [0.2, 0.25) is 5.91 Å². The summed E-state index contributed by atoms with van der Waals surface area (Å²) in [4.78, 5) is 11.2. The van der Waals surface area contributed by atoms with Gasteiger partial charge >= 0.3 is 0 Å². The van der Waals surface area contributed by atoms with E-state index in [1.165, 1.54) is 20.0 Å². The third-order valence-corrected chi connectivity index (χ3v) is 2.31. The maximum atomic E-state index is 11.2. The van der Waals surface area contributed by atoms with Gasteiger partial charge in [-0.1, -0.05) is 0 Å². The Balaban J connectivity index is 1.92. The highest BCUT2D eigenvalue weighted by atomic mass is 16.5. The number of carbonyl (C=O) groups excluding carboxylic acids is 1. The molecule has 1 amide bonds. The van der Waals surface area contributed by atoms with E-state index in [-0.39, 0.29) is 19.1 Å². The molecule has 1 aliphatic carbocycles. The number of amides is 1. The van der Waals surface area contributed by atoms with Crippen molar-refractivity contribution in [1.82, 2.24) is 10.6 Å². The van der Waals surface area contributed by atoms with E-state index in [2.05, 4.69) is 10.6 Å². The van der Waals surface area contributed by atoms with E-state index in [1.807, 2.05) is 0 Å². The molecule has 15 heavy (non-hydrogen) atoms. The molecule has 0 bridgehead atoms. The van der Waals surface area contributed by atoms with Gasteiger partial charge in [-0.05, 0) is 25.3 Å².